The molecular weight excluding hydrogens is 260 g/mol. The van der Waals surface area contributed by atoms with Crippen molar-refractivity contribution in [3.63, 3.8) is 0 Å². The molecule has 0 aliphatic heterocycles. The number of hydrogen-bond donors (Lipinski definition) is 1. The maximum absolute atomic E-state index is 5.93. The molecule has 0 atom stereocenters. The molecule has 0 saturated heterocycles. The summed E-state index contributed by atoms with van der Waals surface area (Å²) in [5, 5.41) is 6.00. The Hall–Kier alpha value is -1.72. The van der Waals surface area contributed by atoms with Crippen molar-refractivity contribution in [3.8, 4) is 21.8 Å². The predicted molar refractivity (Wildman–Crippen MR) is 66.9 cm³/mol. The molecule has 0 fully saturated rings. The van der Waals surface area contributed by atoms with Crippen molar-refractivity contribution in [2.75, 3.05) is 5.73 Å². The predicted octanol–water partition coefficient (Wildman–Crippen LogP) is 3.90. The van der Waals surface area contributed by atoms with Crippen LogP contribution in [0, 0.1) is 0 Å². The number of halogens is 1. The van der Waals surface area contributed by atoms with Gasteiger partial charge in [0.1, 0.15) is 0 Å². The molecule has 2 N–H and O–H groups in total. The van der Waals surface area contributed by atoms with Crippen LogP contribution >= 0.6 is 22.9 Å². The Bertz CT molecular complexity index is 642. The van der Waals surface area contributed by atoms with Crippen LogP contribution in [-0.2, 0) is 0 Å². The van der Waals surface area contributed by atoms with E-state index >= 15 is 0 Å². The summed E-state index contributed by atoms with van der Waals surface area (Å²) < 4.78 is 10.3. The molecular formula is C11H7ClN2O2S. The Kier molecular flexibility index (Phi) is 2.42. The molecule has 86 valence electrons. The third-order valence-electron chi connectivity index (χ3n) is 2.35. The van der Waals surface area contributed by atoms with E-state index in [2.05, 4.69) is 5.16 Å². The van der Waals surface area contributed by atoms with Gasteiger partial charge in [0.25, 0.3) is 0 Å². The lowest BCUT2D eigenvalue weighted by molar-refractivity contribution is 0.435. The Morgan fingerprint density at radius 3 is 2.88 bits per heavy atom. The van der Waals surface area contributed by atoms with E-state index in [1.807, 2.05) is 17.5 Å². The molecule has 0 saturated carbocycles. The van der Waals surface area contributed by atoms with Crippen molar-refractivity contribution in [1.29, 1.82) is 0 Å². The van der Waals surface area contributed by atoms with Crippen LogP contribution in [0.4, 0.5) is 5.82 Å². The van der Waals surface area contributed by atoms with E-state index in [4.69, 9.17) is 26.3 Å². The highest BCUT2D eigenvalue weighted by Crippen LogP contribution is 2.41. The van der Waals surface area contributed by atoms with E-state index in [1.165, 1.54) is 6.26 Å². The first-order valence-corrected chi connectivity index (χ1v) is 6.05. The molecule has 0 aromatic carbocycles. The first kappa shape index (κ1) is 10.4. The zero-order chi connectivity index (χ0) is 11.8. The summed E-state index contributed by atoms with van der Waals surface area (Å²) in [5.41, 5.74) is 7.22. The first-order chi connectivity index (χ1) is 8.27. The van der Waals surface area contributed by atoms with Crippen molar-refractivity contribution in [2.45, 2.75) is 0 Å². The Morgan fingerprint density at radius 1 is 1.35 bits per heavy atom. The second-order valence-corrected chi connectivity index (χ2v) is 4.65. The third-order valence-corrected chi connectivity index (χ3v) is 3.53. The number of hydrogen-bond acceptors (Lipinski definition) is 5. The lowest BCUT2D eigenvalue weighted by Crippen LogP contribution is -1.86. The fourth-order valence-corrected chi connectivity index (χ4v) is 2.58. The number of thiophene rings is 1. The van der Waals surface area contributed by atoms with Gasteiger partial charge >= 0.3 is 0 Å². The highest BCUT2D eigenvalue weighted by molar-refractivity contribution is 7.13. The first-order valence-electron chi connectivity index (χ1n) is 4.79. The van der Waals surface area contributed by atoms with Gasteiger partial charge in [0.15, 0.2) is 11.6 Å². The molecule has 3 rings (SSSR count). The van der Waals surface area contributed by atoms with Gasteiger partial charge in [0, 0.05) is 4.88 Å². The van der Waals surface area contributed by atoms with Gasteiger partial charge in [0.2, 0.25) is 5.22 Å². The molecule has 3 heterocycles. The average Bonchev–Trinajstić information content (AvgIpc) is 2.98. The molecule has 6 heteroatoms. The summed E-state index contributed by atoms with van der Waals surface area (Å²) in [4.78, 5) is 0.982. The molecule has 0 amide bonds. The SMILES string of the molecule is Nc1noc(-c2ccoc2Cl)c1-c1cccs1. The van der Waals surface area contributed by atoms with Gasteiger partial charge in [-0.15, -0.1) is 11.3 Å². The number of anilines is 1. The fourth-order valence-electron chi connectivity index (χ4n) is 1.60. The average molecular weight is 267 g/mol. The summed E-state index contributed by atoms with van der Waals surface area (Å²) >= 11 is 7.48. The summed E-state index contributed by atoms with van der Waals surface area (Å²) in [7, 11) is 0. The van der Waals surface area contributed by atoms with Gasteiger partial charge in [-0.1, -0.05) is 11.2 Å². The smallest absolute Gasteiger partial charge is 0.204 e. The van der Waals surface area contributed by atoms with Gasteiger partial charge in [-0.3, -0.25) is 0 Å². The van der Waals surface area contributed by atoms with Crippen LogP contribution in [0.1, 0.15) is 0 Å². The molecule has 3 aromatic rings. The van der Waals surface area contributed by atoms with Crippen LogP contribution in [0.5, 0.6) is 0 Å². The quantitative estimate of drug-likeness (QED) is 0.764. The summed E-state index contributed by atoms with van der Waals surface area (Å²) in [6, 6.07) is 5.61. The number of nitrogens with zero attached hydrogens (tertiary/aromatic N) is 1. The van der Waals surface area contributed by atoms with Crippen molar-refractivity contribution >= 4 is 28.8 Å². The van der Waals surface area contributed by atoms with Gasteiger partial charge in [-0.2, -0.15) is 0 Å². The zero-order valence-electron chi connectivity index (χ0n) is 8.51. The lowest BCUT2D eigenvalue weighted by Gasteiger charge is -1.97. The van der Waals surface area contributed by atoms with Crippen molar-refractivity contribution in [1.82, 2.24) is 5.16 Å². The van der Waals surface area contributed by atoms with Crippen LogP contribution in [0.25, 0.3) is 21.8 Å². The number of furan rings is 1. The minimum atomic E-state index is 0.263. The molecule has 4 nitrogen and oxygen atoms in total. The standard InChI is InChI=1S/C11H7ClN2O2S/c12-10-6(3-4-15-10)9-8(11(13)14-16-9)7-2-1-5-17-7/h1-5H,(H2,13,14). The minimum absolute atomic E-state index is 0.263. The van der Waals surface area contributed by atoms with Crippen LogP contribution in [0.3, 0.4) is 0 Å². The Labute approximate surface area is 106 Å². The van der Waals surface area contributed by atoms with E-state index in [0.29, 0.717) is 17.1 Å². The van der Waals surface area contributed by atoms with Gasteiger partial charge < -0.3 is 14.7 Å². The largest absolute Gasteiger partial charge is 0.452 e. The summed E-state index contributed by atoms with van der Waals surface area (Å²) in [6.45, 7) is 0. The molecule has 0 unspecified atom stereocenters. The Balaban J connectivity index is 2.23. The molecule has 0 aliphatic carbocycles. The van der Waals surface area contributed by atoms with E-state index in [-0.39, 0.29) is 5.22 Å². The maximum atomic E-state index is 5.93. The molecule has 0 bridgehead atoms. The topological polar surface area (TPSA) is 65.2 Å². The summed E-state index contributed by atoms with van der Waals surface area (Å²) in [6.07, 6.45) is 1.49. The molecule has 0 spiro atoms. The van der Waals surface area contributed by atoms with Gasteiger partial charge in [-0.25, -0.2) is 0 Å². The minimum Gasteiger partial charge on any atom is -0.452 e. The maximum Gasteiger partial charge on any atom is 0.204 e. The second kappa shape index (κ2) is 3.94. The van der Waals surface area contributed by atoms with Gasteiger partial charge in [0.05, 0.1) is 17.4 Å². The van der Waals surface area contributed by atoms with Crippen molar-refractivity contribution in [2.24, 2.45) is 0 Å². The van der Waals surface area contributed by atoms with Crippen LogP contribution in [0.2, 0.25) is 5.22 Å². The second-order valence-electron chi connectivity index (χ2n) is 3.36. The third kappa shape index (κ3) is 1.64. The van der Waals surface area contributed by atoms with Crippen LogP contribution in [-0.4, -0.2) is 5.16 Å². The van der Waals surface area contributed by atoms with Crippen molar-refractivity contribution < 1.29 is 8.94 Å². The van der Waals surface area contributed by atoms with Crippen LogP contribution < -0.4 is 5.73 Å². The highest BCUT2D eigenvalue weighted by atomic mass is 35.5. The van der Waals surface area contributed by atoms with E-state index in [1.54, 1.807) is 17.4 Å². The van der Waals surface area contributed by atoms with Crippen molar-refractivity contribution in [3.05, 3.63) is 35.1 Å². The molecule has 0 radical (unpaired) electrons. The lowest BCUT2D eigenvalue weighted by atomic mass is 10.1. The highest BCUT2D eigenvalue weighted by Gasteiger charge is 2.21. The monoisotopic (exact) mass is 266 g/mol. The number of aromatic nitrogens is 1. The fraction of sp³-hybridized carbons (Fsp3) is 0. The van der Waals surface area contributed by atoms with Crippen LogP contribution in [0.15, 0.2) is 38.8 Å². The number of nitrogens with two attached hydrogens (primary N) is 1. The summed E-state index contributed by atoms with van der Waals surface area (Å²) in [5.74, 6) is 0.878. The number of rotatable bonds is 2. The molecule has 3 aromatic heterocycles. The Morgan fingerprint density at radius 2 is 2.24 bits per heavy atom. The number of nitrogen functional groups attached to an aromatic ring is 1. The van der Waals surface area contributed by atoms with E-state index < -0.39 is 0 Å². The normalized spacial score (nSPS) is 10.9. The molecule has 0 aliphatic rings. The zero-order valence-corrected chi connectivity index (χ0v) is 10.1. The van der Waals surface area contributed by atoms with Gasteiger partial charge in [-0.05, 0) is 29.1 Å². The van der Waals surface area contributed by atoms with E-state index in [9.17, 15) is 0 Å². The van der Waals surface area contributed by atoms with E-state index in [0.717, 1.165) is 10.4 Å². The molecule has 17 heavy (non-hydrogen) atoms.